The van der Waals surface area contributed by atoms with Crippen molar-refractivity contribution < 1.29 is 14.7 Å². The van der Waals surface area contributed by atoms with Gasteiger partial charge in [0.1, 0.15) is 0 Å². The highest BCUT2D eigenvalue weighted by molar-refractivity contribution is 7.13. The monoisotopic (exact) mass is 358 g/mol. The Bertz CT molecular complexity index is 947. The van der Waals surface area contributed by atoms with Crippen molar-refractivity contribution in [2.75, 3.05) is 6.54 Å². The van der Waals surface area contributed by atoms with Crippen molar-refractivity contribution in [3.05, 3.63) is 34.8 Å². The van der Waals surface area contributed by atoms with E-state index in [-0.39, 0.29) is 12.5 Å². The van der Waals surface area contributed by atoms with Gasteiger partial charge in [-0.05, 0) is 24.4 Å². The van der Waals surface area contributed by atoms with Crippen LogP contribution in [0.1, 0.15) is 23.0 Å². The third kappa shape index (κ3) is 3.25. The van der Waals surface area contributed by atoms with Crippen LogP contribution < -0.4 is 5.32 Å². The summed E-state index contributed by atoms with van der Waals surface area (Å²) in [4.78, 5) is 29.3. The highest BCUT2D eigenvalue weighted by Crippen LogP contribution is 2.29. The zero-order valence-corrected chi connectivity index (χ0v) is 14.9. The lowest BCUT2D eigenvalue weighted by Crippen LogP contribution is -2.31. The summed E-state index contributed by atoms with van der Waals surface area (Å²) in [5, 5.41) is 18.7. The van der Waals surface area contributed by atoms with E-state index in [0.717, 1.165) is 4.88 Å². The molecule has 0 aliphatic carbocycles. The predicted molar refractivity (Wildman–Crippen MR) is 95.7 cm³/mol. The quantitative estimate of drug-likeness (QED) is 0.730. The Hall–Kier alpha value is -2.74. The molecule has 0 spiro atoms. The number of carboxylic acids is 1. The summed E-state index contributed by atoms with van der Waals surface area (Å²) in [5.74, 6) is -1.93. The molecule has 0 fully saturated rings. The molecule has 2 N–H and O–H groups in total. The lowest BCUT2D eigenvalue weighted by Gasteiger charge is -2.10. The van der Waals surface area contributed by atoms with Gasteiger partial charge in [-0.1, -0.05) is 13.0 Å². The summed E-state index contributed by atoms with van der Waals surface area (Å²) in [6.45, 7) is 3.44. The number of aromatic nitrogens is 3. The molecule has 3 rings (SSSR count). The highest BCUT2D eigenvalue weighted by Gasteiger charge is 2.20. The summed E-state index contributed by atoms with van der Waals surface area (Å²) < 4.78 is 1.65. The number of aryl methyl sites for hydroxylation is 2. The molecule has 0 aromatic carbocycles. The van der Waals surface area contributed by atoms with Crippen LogP contribution in [0.3, 0.4) is 0 Å². The van der Waals surface area contributed by atoms with Crippen molar-refractivity contribution >= 4 is 34.2 Å². The van der Waals surface area contributed by atoms with Gasteiger partial charge >= 0.3 is 5.97 Å². The first kappa shape index (κ1) is 17.1. The lowest BCUT2D eigenvalue weighted by atomic mass is 10.1. The molecule has 7 nitrogen and oxygen atoms in total. The van der Waals surface area contributed by atoms with E-state index >= 15 is 0 Å². The van der Waals surface area contributed by atoms with E-state index in [1.54, 1.807) is 24.7 Å². The van der Waals surface area contributed by atoms with Crippen LogP contribution in [-0.4, -0.2) is 38.3 Å². The third-order valence-electron chi connectivity index (χ3n) is 3.98. The number of carbonyl (C=O) groups is 2. The number of thiophene rings is 1. The van der Waals surface area contributed by atoms with Gasteiger partial charge in [0, 0.05) is 13.6 Å². The molecule has 1 unspecified atom stereocenters. The van der Waals surface area contributed by atoms with E-state index in [2.05, 4.69) is 15.4 Å². The van der Waals surface area contributed by atoms with Crippen molar-refractivity contribution in [3.63, 3.8) is 0 Å². The molecule has 130 valence electrons. The number of carboxylic acid groups (broad SMARTS) is 1. The number of nitrogens with one attached hydrogen (secondary N) is 1. The number of pyridine rings is 1. The number of carbonyl (C=O) groups excluding carboxylic acids is 1. The summed E-state index contributed by atoms with van der Waals surface area (Å²) in [6, 6.07) is 5.61. The van der Waals surface area contributed by atoms with Crippen LogP contribution in [0.2, 0.25) is 0 Å². The van der Waals surface area contributed by atoms with Crippen LogP contribution in [0.5, 0.6) is 0 Å². The van der Waals surface area contributed by atoms with Gasteiger partial charge in [-0.2, -0.15) is 5.10 Å². The molecule has 3 aromatic heterocycles. The highest BCUT2D eigenvalue weighted by atomic mass is 32.1. The number of hydrogen-bond acceptors (Lipinski definition) is 5. The molecule has 0 saturated carbocycles. The Labute approximate surface area is 148 Å². The first-order chi connectivity index (χ1) is 11.9. The zero-order chi connectivity index (χ0) is 18.1. The van der Waals surface area contributed by atoms with Crippen LogP contribution in [0.25, 0.3) is 21.6 Å². The average molecular weight is 358 g/mol. The smallest absolute Gasteiger partial charge is 0.308 e. The second kappa shape index (κ2) is 6.64. The predicted octanol–water partition coefficient (Wildman–Crippen LogP) is 2.46. The largest absolute Gasteiger partial charge is 0.481 e. The maximum Gasteiger partial charge on any atom is 0.308 e. The molecule has 1 atom stereocenters. The average Bonchev–Trinajstić information content (AvgIpc) is 3.20. The van der Waals surface area contributed by atoms with E-state index < -0.39 is 11.9 Å². The van der Waals surface area contributed by atoms with Gasteiger partial charge < -0.3 is 10.4 Å². The van der Waals surface area contributed by atoms with Crippen molar-refractivity contribution in [2.24, 2.45) is 13.0 Å². The fraction of sp³-hybridized carbons (Fsp3) is 0.294. The summed E-state index contributed by atoms with van der Waals surface area (Å²) in [5.41, 5.74) is 2.48. The molecule has 0 radical (unpaired) electrons. The molecule has 8 heteroatoms. The minimum atomic E-state index is -0.947. The fourth-order valence-corrected chi connectivity index (χ4v) is 3.29. The van der Waals surface area contributed by atoms with Crippen molar-refractivity contribution in [1.82, 2.24) is 20.1 Å². The minimum Gasteiger partial charge on any atom is -0.481 e. The van der Waals surface area contributed by atoms with Crippen LogP contribution in [0.15, 0.2) is 23.6 Å². The van der Waals surface area contributed by atoms with Gasteiger partial charge in [0.25, 0.3) is 5.91 Å². The Balaban J connectivity index is 2.06. The number of hydrogen-bond donors (Lipinski definition) is 2. The van der Waals surface area contributed by atoms with Crippen molar-refractivity contribution in [1.29, 1.82) is 0 Å². The van der Waals surface area contributed by atoms with Gasteiger partial charge in [0.2, 0.25) is 0 Å². The zero-order valence-electron chi connectivity index (χ0n) is 14.1. The van der Waals surface area contributed by atoms with Gasteiger partial charge in [0.15, 0.2) is 5.65 Å². The van der Waals surface area contributed by atoms with Crippen molar-refractivity contribution in [3.8, 4) is 10.6 Å². The maximum absolute atomic E-state index is 12.7. The Kier molecular flexibility index (Phi) is 4.54. The first-order valence-electron chi connectivity index (χ1n) is 7.77. The second-order valence-electron chi connectivity index (χ2n) is 5.89. The molecule has 0 aliphatic heterocycles. The molecule has 3 aromatic rings. The van der Waals surface area contributed by atoms with Crippen LogP contribution in [0, 0.1) is 12.8 Å². The van der Waals surface area contributed by atoms with Crippen LogP contribution >= 0.6 is 11.3 Å². The Morgan fingerprint density at radius 2 is 2.20 bits per heavy atom. The standard InChI is InChI=1S/C17H18N4O3S/c1-9(17(23)24)8-18-16(22)11-7-12(13-5-4-6-25-13)19-15-14(11)10(2)20-21(15)3/h4-7,9H,8H2,1-3H3,(H,18,22)(H,23,24). The van der Waals surface area contributed by atoms with E-state index in [1.807, 2.05) is 24.4 Å². The van der Waals surface area contributed by atoms with E-state index in [1.165, 1.54) is 11.3 Å². The minimum absolute atomic E-state index is 0.0611. The maximum atomic E-state index is 12.7. The number of fused-ring (bicyclic) bond motifs is 1. The van der Waals surface area contributed by atoms with E-state index in [0.29, 0.717) is 28.0 Å². The summed E-state index contributed by atoms with van der Waals surface area (Å²) in [7, 11) is 1.79. The fourth-order valence-electron chi connectivity index (χ4n) is 2.60. The molecular weight excluding hydrogens is 340 g/mol. The number of amides is 1. The molecular formula is C17H18N4O3S. The normalized spacial score (nSPS) is 12.3. The Morgan fingerprint density at radius 1 is 1.44 bits per heavy atom. The number of rotatable bonds is 5. The molecule has 25 heavy (non-hydrogen) atoms. The number of aliphatic carboxylic acids is 1. The van der Waals surface area contributed by atoms with Gasteiger partial charge in [-0.15, -0.1) is 11.3 Å². The summed E-state index contributed by atoms with van der Waals surface area (Å²) in [6.07, 6.45) is 0. The SMILES string of the molecule is Cc1nn(C)c2nc(-c3cccs3)cc(C(=O)NCC(C)C(=O)O)c12. The van der Waals surface area contributed by atoms with Crippen LogP contribution in [0.4, 0.5) is 0 Å². The topological polar surface area (TPSA) is 97.1 Å². The molecule has 1 amide bonds. The van der Waals surface area contributed by atoms with E-state index in [9.17, 15) is 9.59 Å². The Morgan fingerprint density at radius 3 is 2.84 bits per heavy atom. The van der Waals surface area contributed by atoms with E-state index in [4.69, 9.17) is 5.11 Å². The van der Waals surface area contributed by atoms with Crippen LogP contribution in [-0.2, 0) is 11.8 Å². The number of nitrogens with zero attached hydrogens (tertiary/aromatic N) is 3. The molecule has 3 heterocycles. The second-order valence-corrected chi connectivity index (χ2v) is 6.84. The van der Waals surface area contributed by atoms with Gasteiger partial charge in [-0.25, -0.2) is 4.98 Å². The van der Waals surface area contributed by atoms with Gasteiger partial charge in [-0.3, -0.25) is 14.3 Å². The molecule has 0 bridgehead atoms. The summed E-state index contributed by atoms with van der Waals surface area (Å²) >= 11 is 1.54. The third-order valence-corrected chi connectivity index (χ3v) is 4.87. The first-order valence-corrected chi connectivity index (χ1v) is 8.65. The van der Waals surface area contributed by atoms with Crippen molar-refractivity contribution in [2.45, 2.75) is 13.8 Å². The molecule has 0 aliphatic rings. The van der Waals surface area contributed by atoms with Gasteiger partial charge in [0.05, 0.1) is 33.1 Å². The lowest BCUT2D eigenvalue weighted by molar-refractivity contribution is -0.140. The molecule has 0 saturated heterocycles.